The summed E-state index contributed by atoms with van der Waals surface area (Å²) in [7, 11) is 1.61. The van der Waals surface area contributed by atoms with Gasteiger partial charge in [-0.05, 0) is 29.8 Å². The summed E-state index contributed by atoms with van der Waals surface area (Å²) >= 11 is 0. The number of amides is 2. The molecule has 1 saturated heterocycles. The molecule has 0 saturated carbocycles. The topological polar surface area (TPSA) is 61.9 Å². The van der Waals surface area contributed by atoms with E-state index < -0.39 is 0 Å². The number of nitrogens with zero attached hydrogens (tertiary/aromatic N) is 2. The van der Waals surface area contributed by atoms with Crippen LogP contribution in [0.1, 0.15) is 12.0 Å². The van der Waals surface area contributed by atoms with Gasteiger partial charge in [-0.15, -0.1) is 0 Å². The molecule has 0 aliphatic carbocycles. The molecule has 0 spiro atoms. The summed E-state index contributed by atoms with van der Waals surface area (Å²) in [6.45, 7) is 3.24. The second kappa shape index (κ2) is 9.07. The second-order valence-electron chi connectivity index (χ2n) is 6.50. The van der Waals surface area contributed by atoms with E-state index in [1.165, 1.54) is 5.69 Å². The molecule has 27 heavy (non-hydrogen) atoms. The van der Waals surface area contributed by atoms with Crippen molar-refractivity contribution in [3.63, 3.8) is 0 Å². The van der Waals surface area contributed by atoms with Crippen molar-refractivity contribution < 1.29 is 14.3 Å². The first-order valence-corrected chi connectivity index (χ1v) is 9.13. The Kier molecular flexibility index (Phi) is 6.30. The highest BCUT2D eigenvalue weighted by molar-refractivity contribution is 5.96. The monoisotopic (exact) mass is 367 g/mol. The Labute approximate surface area is 159 Å². The van der Waals surface area contributed by atoms with Gasteiger partial charge in [0.25, 0.3) is 0 Å². The Hall–Kier alpha value is -3.02. The number of methoxy groups -OCH3 is 1. The maximum absolute atomic E-state index is 12.4. The van der Waals surface area contributed by atoms with Gasteiger partial charge in [-0.25, -0.2) is 0 Å². The van der Waals surface area contributed by atoms with Gasteiger partial charge < -0.3 is 19.9 Å². The lowest BCUT2D eigenvalue weighted by atomic mass is 10.2. The summed E-state index contributed by atoms with van der Waals surface area (Å²) in [5, 5.41) is 2.80. The summed E-state index contributed by atoms with van der Waals surface area (Å²) in [6.07, 6.45) is -0.110. The third kappa shape index (κ3) is 5.23. The first-order chi connectivity index (χ1) is 13.2. The fourth-order valence-electron chi connectivity index (χ4n) is 3.11. The molecule has 0 bridgehead atoms. The van der Waals surface area contributed by atoms with Crippen LogP contribution in [0, 0.1) is 0 Å². The Bertz CT molecular complexity index is 754. The first-order valence-electron chi connectivity index (χ1n) is 9.13. The van der Waals surface area contributed by atoms with E-state index in [4.69, 9.17) is 4.74 Å². The number of rotatable bonds is 6. The molecule has 1 heterocycles. The molecule has 3 rings (SSSR count). The average Bonchev–Trinajstić information content (AvgIpc) is 2.73. The molecule has 2 aromatic carbocycles. The summed E-state index contributed by atoms with van der Waals surface area (Å²) < 4.78 is 5.11. The quantitative estimate of drug-likeness (QED) is 0.794. The highest BCUT2D eigenvalue weighted by Crippen LogP contribution is 2.16. The molecule has 0 unspecified atom stereocenters. The van der Waals surface area contributed by atoms with Crippen LogP contribution >= 0.6 is 0 Å². The predicted octanol–water partition coefficient (Wildman–Crippen LogP) is 2.05. The van der Waals surface area contributed by atoms with Crippen LogP contribution in [0.15, 0.2) is 54.6 Å². The number of nitrogens with one attached hydrogen (secondary N) is 1. The van der Waals surface area contributed by atoms with E-state index in [0.29, 0.717) is 19.6 Å². The molecule has 0 radical (unpaired) electrons. The lowest BCUT2D eigenvalue weighted by molar-refractivity contribution is -0.136. The third-order valence-corrected chi connectivity index (χ3v) is 4.71. The van der Waals surface area contributed by atoms with Gasteiger partial charge in [-0.3, -0.25) is 9.59 Å². The number of ether oxygens (including phenoxy) is 1. The number of piperazine rings is 1. The van der Waals surface area contributed by atoms with Crippen molar-refractivity contribution in [1.82, 2.24) is 10.2 Å². The van der Waals surface area contributed by atoms with E-state index in [1.54, 1.807) is 12.0 Å². The van der Waals surface area contributed by atoms with Gasteiger partial charge in [0.15, 0.2) is 0 Å². The molecule has 1 aliphatic rings. The molecular weight excluding hydrogens is 342 g/mol. The van der Waals surface area contributed by atoms with Gasteiger partial charge in [0.1, 0.15) is 12.2 Å². The zero-order chi connectivity index (χ0) is 19.1. The number of benzene rings is 2. The minimum Gasteiger partial charge on any atom is -0.497 e. The van der Waals surface area contributed by atoms with E-state index >= 15 is 0 Å². The smallest absolute Gasteiger partial charge is 0.232 e. The zero-order valence-electron chi connectivity index (χ0n) is 15.6. The van der Waals surface area contributed by atoms with Crippen LogP contribution in [0.2, 0.25) is 0 Å². The molecule has 6 nitrogen and oxygen atoms in total. The Morgan fingerprint density at radius 2 is 1.63 bits per heavy atom. The largest absolute Gasteiger partial charge is 0.497 e. The molecule has 2 amide bonds. The number of carbonyl (C=O) groups excluding carboxylic acids is 2. The number of hydrogen-bond acceptors (Lipinski definition) is 4. The van der Waals surface area contributed by atoms with E-state index in [0.717, 1.165) is 24.4 Å². The SMILES string of the molecule is COc1ccc(CNC(=O)CC(=O)N2CCN(c3ccccc3)CC2)cc1. The molecule has 1 aliphatic heterocycles. The summed E-state index contributed by atoms with van der Waals surface area (Å²) in [5.41, 5.74) is 2.13. The van der Waals surface area contributed by atoms with Crippen LogP contribution in [0.4, 0.5) is 5.69 Å². The summed E-state index contributed by atoms with van der Waals surface area (Å²) in [4.78, 5) is 28.5. The maximum atomic E-state index is 12.4. The molecule has 0 atom stereocenters. The van der Waals surface area contributed by atoms with Crippen LogP contribution in [0.25, 0.3) is 0 Å². The highest BCUT2D eigenvalue weighted by atomic mass is 16.5. The van der Waals surface area contributed by atoms with Gasteiger partial charge in [0, 0.05) is 38.4 Å². The number of anilines is 1. The van der Waals surface area contributed by atoms with Crippen molar-refractivity contribution in [2.45, 2.75) is 13.0 Å². The van der Waals surface area contributed by atoms with E-state index in [1.807, 2.05) is 42.5 Å². The van der Waals surface area contributed by atoms with Gasteiger partial charge in [-0.2, -0.15) is 0 Å². The van der Waals surface area contributed by atoms with Crippen molar-refractivity contribution in [1.29, 1.82) is 0 Å². The molecule has 2 aromatic rings. The van der Waals surface area contributed by atoms with E-state index in [9.17, 15) is 9.59 Å². The van der Waals surface area contributed by atoms with Crippen molar-refractivity contribution >= 4 is 17.5 Å². The summed E-state index contributed by atoms with van der Waals surface area (Å²) in [5.74, 6) is 0.408. The van der Waals surface area contributed by atoms with Crippen LogP contribution in [-0.4, -0.2) is 50.0 Å². The normalized spacial score (nSPS) is 14.0. The summed E-state index contributed by atoms with van der Waals surface area (Å²) in [6, 6.07) is 17.6. The predicted molar refractivity (Wildman–Crippen MR) is 105 cm³/mol. The van der Waals surface area contributed by atoms with Crippen molar-refractivity contribution in [3.05, 3.63) is 60.2 Å². The van der Waals surface area contributed by atoms with E-state index in [-0.39, 0.29) is 18.2 Å². The minimum atomic E-state index is -0.249. The number of para-hydroxylation sites is 1. The number of hydrogen-bond donors (Lipinski definition) is 1. The van der Waals surface area contributed by atoms with E-state index in [2.05, 4.69) is 22.3 Å². The Morgan fingerprint density at radius 1 is 0.963 bits per heavy atom. The minimum absolute atomic E-state index is 0.110. The fraction of sp³-hybridized carbons (Fsp3) is 0.333. The van der Waals surface area contributed by atoms with Gasteiger partial charge in [0.2, 0.25) is 11.8 Å². The van der Waals surface area contributed by atoms with Gasteiger partial charge >= 0.3 is 0 Å². The molecular formula is C21H25N3O3. The lowest BCUT2D eigenvalue weighted by Gasteiger charge is -2.36. The van der Waals surface area contributed by atoms with Gasteiger partial charge in [0.05, 0.1) is 7.11 Å². The number of carbonyl (C=O) groups is 2. The van der Waals surface area contributed by atoms with Crippen molar-refractivity contribution in [2.24, 2.45) is 0 Å². The third-order valence-electron chi connectivity index (χ3n) is 4.71. The molecule has 0 aromatic heterocycles. The highest BCUT2D eigenvalue weighted by Gasteiger charge is 2.22. The van der Waals surface area contributed by atoms with Crippen LogP contribution in [-0.2, 0) is 16.1 Å². The fourth-order valence-corrected chi connectivity index (χ4v) is 3.11. The van der Waals surface area contributed by atoms with Crippen LogP contribution < -0.4 is 15.0 Å². The maximum Gasteiger partial charge on any atom is 0.232 e. The first kappa shape index (κ1) is 18.8. The zero-order valence-corrected chi connectivity index (χ0v) is 15.6. The van der Waals surface area contributed by atoms with Crippen LogP contribution in [0.5, 0.6) is 5.75 Å². The standard InChI is InChI=1S/C21H25N3O3/c1-27-19-9-7-17(8-10-19)16-22-20(25)15-21(26)24-13-11-23(12-14-24)18-5-3-2-4-6-18/h2-10H,11-16H2,1H3,(H,22,25). The Morgan fingerprint density at radius 3 is 2.26 bits per heavy atom. The molecule has 1 fully saturated rings. The van der Waals surface area contributed by atoms with Crippen molar-refractivity contribution in [3.8, 4) is 5.75 Å². The molecule has 142 valence electrons. The lowest BCUT2D eigenvalue weighted by Crippen LogP contribution is -2.49. The van der Waals surface area contributed by atoms with Crippen LogP contribution in [0.3, 0.4) is 0 Å². The molecule has 1 N–H and O–H groups in total. The van der Waals surface area contributed by atoms with Crippen molar-refractivity contribution in [2.75, 3.05) is 38.2 Å². The molecule has 6 heteroatoms. The second-order valence-corrected chi connectivity index (χ2v) is 6.50. The average molecular weight is 367 g/mol. The Balaban J connectivity index is 1.41. The van der Waals surface area contributed by atoms with Gasteiger partial charge in [-0.1, -0.05) is 30.3 Å².